The Morgan fingerprint density at radius 3 is 3.07 bits per heavy atom. The molecule has 4 nitrogen and oxygen atoms in total. The molecule has 0 bridgehead atoms. The summed E-state index contributed by atoms with van der Waals surface area (Å²) < 4.78 is 28.6. The van der Waals surface area contributed by atoms with Crippen molar-refractivity contribution < 1.29 is 12.8 Å². The molecule has 3 rings (SSSR count). The fraction of sp³-hybridized carbons (Fsp3) is 0.600. The Balaban J connectivity index is 2.10. The van der Waals surface area contributed by atoms with E-state index < -0.39 is 15.4 Å². The van der Waals surface area contributed by atoms with E-state index in [1.807, 2.05) is 6.07 Å². The van der Waals surface area contributed by atoms with E-state index in [9.17, 15) is 8.42 Å². The highest BCUT2D eigenvalue weighted by Crippen LogP contribution is 2.38. The summed E-state index contributed by atoms with van der Waals surface area (Å²) in [5, 5.41) is 3.32. The summed E-state index contributed by atoms with van der Waals surface area (Å²) in [5.41, 5.74) is 0.724. The molecule has 5 heteroatoms. The van der Waals surface area contributed by atoms with Crippen molar-refractivity contribution >= 4 is 9.84 Å². The molecule has 0 saturated carbocycles. The van der Waals surface area contributed by atoms with Crippen LogP contribution < -0.4 is 5.32 Å². The van der Waals surface area contributed by atoms with Gasteiger partial charge in [0.25, 0.3) is 0 Å². The average molecular weight is 227 g/mol. The highest BCUT2D eigenvalue weighted by atomic mass is 32.2. The molecule has 1 fully saturated rings. The first kappa shape index (κ1) is 9.42. The second kappa shape index (κ2) is 2.86. The highest BCUT2D eigenvalue weighted by Gasteiger charge is 2.47. The molecule has 1 saturated heterocycles. The molecule has 0 amide bonds. The van der Waals surface area contributed by atoms with Crippen molar-refractivity contribution in [2.45, 2.75) is 18.4 Å². The molecule has 15 heavy (non-hydrogen) atoms. The van der Waals surface area contributed by atoms with Gasteiger partial charge < -0.3 is 9.73 Å². The summed E-state index contributed by atoms with van der Waals surface area (Å²) in [4.78, 5) is 0. The number of nitrogens with one attached hydrogen (secondary N) is 1. The summed E-state index contributed by atoms with van der Waals surface area (Å²) in [6.07, 6.45) is 3.22. The number of fused-ring (bicyclic) bond motifs is 2. The summed E-state index contributed by atoms with van der Waals surface area (Å²) in [6.45, 7) is 0.835. The highest BCUT2D eigenvalue weighted by molar-refractivity contribution is 7.91. The number of furan rings is 1. The molecular weight excluding hydrogens is 214 g/mol. The van der Waals surface area contributed by atoms with Crippen LogP contribution >= 0.6 is 0 Å². The van der Waals surface area contributed by atoms with E-state index in [0.717, 1.165) is 24.3 Å². The maximum absolute atomic E-state index is 11.6. The fourth-order valence-corrected chi connectivity index (χ4v) is 4.57. The minimum Gasteiger partial charge on any atom is -0.467 e. The van der Waals surface area contributed by atoms with Gasteiger partial charge in [-0.25, -0.2) is 8.42 Å². The molecule has 0 aliphatic carbocycles. The van der Waals surface area contributed by atoms with Crippen molar-refractivity contribution in [2.75, 3.05) is 18.1 Å². The molecule has 0 aromatic carbocycles. The number of hydrogen-bond acceptors (Lipinski definition) is 4. The van der Waals surface area contributed by atoms with Gasteiger partial charge in [-0.3, -0.25) is 0 Å². The van der Waals surface area contributed by atoms with E-state index in [0.29, 0.717) is 6.42 Å². The lowest BCUT2D eigenvalue weighted by atomic mass is 9.88. The molecule has 2 aliphatic rings. The summed E-state index contributed by atoms with van der Waals surface area (Å²) in [7, 11) is -2.90. The first-order chi connectivity index (χ1) is 7.11. The van der Waals surface area contributed by atoms with E-state index in [1.165, 1.54) is 0 Å². The van der Waals surface area contributed by atoms with E-state index in [2.05, 4.69) is 5.32 Å². The monoisotopic (exact) mass is 227 g/mol. The van der Waals surface area contributed by atoms with E-state index in [4.69, 9.17) is 4.42 Å². The Hall–Kier alpha value is -0.810. The lowest BCUT2D eigenvalue weighted by Gasteiger charge is -2.32. The van der Waals surface area contributed by atoms with Gasteiger partial charge in [-0.2, -0.15) is 0 Å². The SMILES string of the molecule is O=S1(=O)CCC2(C1)NCCc1ccoc12. The Morgan fingerprint density at radius 2 is 2.33 bits per heavy atom. The largest absolute Gasteiger partial charge is 0.467 e. The van der Waals surface area contributed by atoms with Gasteiger partial charge in [0.1, 0.15) is 5.76 Å². The Kier molecular flexibility index (Phi) is 1.79. The molecule has 82 valence electrons. The number of hydrogen-bond donors (Lipinski definition) is 1. The molecule has 1 spiro atoms. The third-order valence-electron chi connectivity index (χ3n) is 3.35. The molecule has 1 atom stereocenters. The second-order valence-electron chi connectivity index (χ2n) is 4.38. The topological polar surface area (TPSA) is 59.3 Å². The number of rotatable bonds is 0. The number of sulfone groups is 1. The predicted molar refractivity (Wildman–Crippen MR) is 55.4 cm³/mol. The maximum atomic E-state index is 11.6. The zero-order chi connectivity index (χ0) is 10.5. The Bertz CT molecular complexity index is 491. The smallest absolute Gasteiger partial charge is 0.152 e. The molecule has 0 radical (unpaired) electrons. The third-order valence-corrected chi connectivity index (χ3v) is 5.10. The van der Waals surface area contributed by atoms with E-state index >= 15 is 0 Å². The van der Waals surface area contributed by atoms with Gasteiger partial charge in [0.05, 0.1) is 23.3 Å². The van der Waals surface area contributed by atoms with Gasteiger partial charge >= 0.3 is 0 Å². The van der Waals surface area contributed by atoms with Crippen LogP contribution in [0.4, 0.5) is 0 Å². The lowest BCUT2D eigenvalue weighted by Crippen LogP contribution is -2.47. The van der Waals surface area contributed by atoms with Gasteiger partial charge in [0, 0.05) is 6.54 Å². The quantitative estimate of drug-likeness (QED) is 0.698. The zero-order valence-electron chi connectivity index (χ0n) is 8.32. The predicted octanol–water partition coefficient (Wildman–Crippen LogP) is 0.439. The first-order valence-electron chi connectivity index (χ1n) is 5.14. The molecule has 1 unspecified atom stereocenters. The Labute approximate surface area is 88.6 Å². The van der Waals surface area contributed by atoms with Crippen LogP contribution in [0.25, 0.3) is 0 Å². The average Bonchev–Trinajstić information content (AvgIpc) is 2.73. The standard InChI is InChI=1S/C10H13NO3S/c12-15(13)6-3-10(7-15)9-8(1-4-11-10)2-5-14-9/h2,5,11H,1,3-4,6-7H2. The van der Waals surface area contributed by atoms with Crippen molar-refractivity contribution in [3.8, 4) is 0 Å². The van der Waals surface area contributed by atoms with Gasteiger partial charge in [-0.15, -0.1) is 0 Å². The first-order valence-corrected chi connectivity index (χ1v) is 6.96. The van der Waals surface area contributed by atoms with Gasteiger partial charge in [0.2, 0.25) is 0 Å². The molecule has 1 aromatic heterocycles. The van der Waals surface area contributed by atoms with Crippen molar-refractivity contribution in [3.63, 3.8) is 0 Å². The summed E-state index contributed by atoms with van der Waals surface area (Å²) in [6, 6.07) is 1.95. The van der Waals surface area contributed by atoms with Gasteiger partial charge in [-0.1, -0.05) is 0 Å². The molecule has 2 aliphatic heterocycles. The molecule has 3 heterocycles. The van der Waals surface area contributed by atoms with Gasteiger partial charge in [0.15, 0.2) is 9.84 Å². The molecular formula is C10H13NO3S. The zero-order valence-corrected chi connectivity index (χ0v) is 9.14. The van der Waals surface area contributed by atoms with Crippen LogP contribution in [0, 0.1) is 0 Å². The lowest BCUT2D eigenvalue weighted by molar-refractivity contribution is 0.283. The third kappa shape index (κ3) is 1.33. The molecule has 1 aromatic rings. The van der Waals surface area contributed by atoms with Crippen LogP contribution in [-0.4, -0.2) is 26.5 Å². The van der Waals surface area contributed by atoms with Crippen molar-refractivity contribution in [2.24, 2.45) is 0 Å². The van der Waals surface area contributed by atoms with Crippen LogP contribution in [0.1, 0.15) is 17.7 Å². The van der Waals surface area contributed by atoms with Crippen molar-refractivity contribution in [3.05, 3.63) is 23.7 Å². The van der Waals surface area contributed by atoms with Crippen LogP contribution in [-0.2, 0) is 21.8 Å². The van der Waals surface area contributed by atoms with Gasteiger partial charge in [-0.05, 0) is 24.5 Å². The minimum absolute atomic E-state index is 0.181. The summed E-state index contributed by atoms with van der Waals surface area (Å²) >= 11 is 0. The van der Waals surface area contributed by atoms with Crippen molar-refractivity contribution in [1.82, 2.24) is 5.32 Å². The second-order valence-corrected chi connectivity index (χ2v) is 6.56. The van der Waals surface area contributed by atoms with Crippen LogP contribution in [0.5, 0.6) is 0 Å². The minimum atomic E-state index is -2.90. The fourth-order valence-electron chi connectivity index (χ4n) is 2.64. The molecule has 1 N–H and O–H groups in total. The summed E-state index contributed by atoms with van der Waals surface area (Å²) in [5.74, 6) is 1.29. The van der Waals surface area contributed by atoms with E-state index in [-0.39, 0.29) is 11.5 Å². The van der Waals surface area contributed by atoms with Crippen LogP contribution in [0.3, 0.4) is 0 Å². The van der Waals surface area contributed by atoms with Crippen LogP contribution in [0.2, 0.25) is 0 Å². The maximum Gasteiger partial charge on any atom is 0.152 e. The van der Waals surface area contributed by atoms with E-state index in [1.54, 1.807) is 6.26 Å². The van der Waals surface area contributed by atoms with Crippen molar-refractivity contribution in [1.29, 1.82) is 0 Å². The Morgan fingerprint density at radius 1 is 1.47 bits per heavy atom. The normalized spacial score (nSPS) is 33.1. The van der Waals surface area contributed by atoms with Crippen LogP contribution in [0.15, 0.2) is 16.7 Å².